The van der Waals surface area contributed by atoms with Gasteiger partial charge in [-0.05, 0) is 55.8 Å². The van der Waals surface area contributed by atoms with Gasteiger partial charge in [0.1, 0.15) is 24.1 Å². The van der Waals surface area contributed by atoms with Crippen molar-refractivity contribution in [2.24, 2.45) is 0 Å². The molecule has 0 unspecified atom stereocenters. The maximum Gasteiger partial charge on any atom is 0.243 e. The van der Waals surface area contributed by atoms with Gasteiger partial charge in [0, 0.05) is 5.02 Å². The van der Waals surface area contributed by atoms with Gasteiger partial charge >= 0.3 is 0 Å². The Balaban J connectivity index is 1.98. The van der Waals surface area contributed by atoms with E-state index in [4.69, 9.17) is 21.1 Å². The second-order valence-corrected chi connectivity index (χ2v) is 8.75. The van der Waals surface area contributed by atoms with E-state index in [1.807, 2.05) is 13.0 Å². The summed E-state index contributed by atoms with van der Waals surface area (Å²) in [5, 5.41) is 3.30. The lowest BCUT2D eigenvalue weighted by Crippen LogP contribution is -2.48. The summed E-state index contributed by atoms with van der Waals surface area (Å²) < 4.78 is 36.3. The Bertz CT molecular complexity index is 948. The predicted molar refractivity (Wildman–Crippen MR) is 114 cm³/mol. The van der Waals surface area contributed by atoms with Gasteiger partial charge < -0.3 is 14.8 Å². The van der Waals surface area contributed by atoms with Gasteiger partial charge in [-0.1, -0.05) is 17.7 Å². The van der Waals surface area contributed by atoms with Crippen molar-refractivity contribution in [2.45, 2.75) is 19.9 Å². The van der Waals surface area contributed by atoms with Crippen LogP contribution in [0.25, 0.3) is 0 Å². The fourth-order valence-electron chi connectivity index (χ4n) is 2.69. The average Bonchev–Trinajstić information content (AvgIpc) is 2.67. The van der Waals surface area contributed by atoms with Crippen LogP contribution in [0.15, 0.2) is 42.5 Å². The highest BCUT2D eigenvalue weighted by Crippen LogP contribution is 2.24. The Morgan fingerprint density at radius 3 is 2.34 bits per heavy atom. The maximum atomic E-state index is 12.5. The number of amides is 1. The second kappa shape index (κ2) is 9.84. The minimum absolute atomic E-state index is 0.217. The number of rotatable bonds is 9. The number of aryl methyl sites for hydroxylation is 1. The summed E-state index contributed by atoms with van der Waals surface area (Å²) >= 11 is 6.05. The van der Waals surface area contributed by atoms with E-state index in [9.17, 15) is 13.2 Å². The third kappa shape index (κ3) is 6.27. The van der Waals surface area contributed by atoms with Crippen LogP contribution in [0.5, 0.6) is 11.5 Å². The monoisotopic (exact) mass is 440 g/mol. The van der Waals surface area contributed by atoms with E-state index >= 15 is 0 Å². The standard InChI is InChI=1S/C20H25ClN2O5S/c1-14-5-8-18(13-19(14)21)28-12-11-22-20(24)15(2)23(29(4,25)26)16-6-9-17(27-3)10-7-16/h5-10,13,15H,11-12H2,1-4H3,(H,22,24)/t15-/m0/s1. The molecule has 158 valence electrons. The van der Waals surface area contributed by atoms with Crippen LogP contribution in [0.1, 0.15) is 12.5 Å². The van der Waals surface area contributed by atoms with Crippen LogP contribution in [0.2, 0.25) is 5.02 Å². The third-order valence-corrected chi connectivity index (χ3v) is 5.88. The minimum Gasteiger partial charge on any atom is -0.497 e. The molecule has 0 aliphatic rings. The molecule has 0 bridgehead atoms. The van der Waals surface area contributed by atoms with E-state index in [-0.39, 0.29) is 13.2 Å². The molecule has 2 aromatic rings. The Morgan fingerprint density at radius 1 is 1.17 bits per heavy atom. The largest absolute Gasteiger partial charge is 0.497 e. The van der Waals surface area contributed by atoms with Crippen LogP contribution < -0.4 is 19.1 Å². The summed E-state index contributed by atoms with van der Waals surface area (Å²) in [6, 6.07) is 10.9. The van der Waals surface area contributed by atoms with Gasteiger partial charge in [0.25, 0.3) is 0 Å². The van der Waals surface area contributed by atoms with E-state index in [0.717, 1.165) is 16.1 Å². The molecule has 0 saturated heterocycles. The molecule has 0 aromatic heterocycles. The molecule has 1 N–H and O–H groups in total. The second-order valence-electron chi connectivity index (χ2n) is 6.48. The van der Waals surface area contributed by atoms with Crippen LogP contribution in [0.3, 0.4) is 0 Å². The molecule has 0 aliphatic carbocycles. The minimum atomic E-state index is -3.68. The van der Waals surface area contributed by atoms with Crippen LogP contribution in [0.4, 0.5) is 5.69 Å². The molecular weight excluding hydrogens is 416 g/mol. The fraction of sp³-hybridized carbons (Fsp3) is 0.350. The number of nitrogens with zero attached hydrogens (tertiary/aromatic N) is 1. The molecule has 2 rings (SSSR count). The Labute approximate surface area is 176 Å². The number of sulfonamides is 1. The van der Waals surface area contributed by atoms with Crippen molar-refractivity contribution in [3.8, 4) is 11.5 Å². The number of ether oxygens (including phenoxy) is 2. The highest BCUT2D eigenvalue weighted by Gasteiger charge is 2.28. The smallest absolute Gasteiger partial charge is 0.243 e. The number of nitrogens with one attached hydrogen (secondary N) is 1. The Hall–Kier alpha value is -2.45. The SMILES string of the molecule is COc1ccc(N([C@@H](C)C(=O)NCCOc2ccc(C)c(Cl)c2)S(C)(=O)=O)cc1. The molecule has 9 heteroatoms. The van der Waals surface area contributed by atoms with Crippen molar-refractivity contribution >= 4 is 33.2 Å². The summed E-state index contributed by atoms with van der Waals surface area (Å²) in [5.74, 6) is 0.753. The van der Waals surface area contributed by atoms with E-state index < -0.39 is 22.0 Å². The summed E-state index contributed by atoms with van der Waals surface area (Å²) in [7, 11) is -2.16. The highest BCUT2D eigenvalue weighted by atomic mass is 35.5. The summed E-state index contributed by atoms with van der Waals surface area (Å²) in [5.41, 5.74) is 1.32. The molecule has 0 heterocycles. The number of anilines is 1. The predicted octanol–water partition coefficient (Wildman–Crippen LogP) is 3.01. The fourth-order valence-corrected chi connectivity index (χ4v) is 4.04. The average molecular weight is 441 g/mol. The molecule has 7 nitrogen and oxygen atoms in total. The first-order chi connectivity index (χ1) is 13.6. The van der Waals surface area contributed by atoms with Crippen LogP contribution in [0, 0.1) is 6.92 Å². The lowest BCUT2D eigenvalue weighted by molar-refractivity contribution is -0.121. The van der Waals surface area contributed by atoms with Crippen molar-refractivity contribution in [3.63, 3.8) is 0 Å². The van der Waals surface area contributed by atoms with Crippen molar-refractivity contribution in [3.05, 3.63) is 53.1 Å². The Morgan fingerprint density at radius 2 is 1.79 bits per heavy atom. The summed E-state index contributed by atoms with van der Waals surface area (Å²) in [4.78, 5) is 12.5. The van der Waals surface area contributed by atoms with Crippen LogP contribution in [-0.2, 0) is 14.8 Å². The normalized spacial score (nSPS) is 12.2. The maximum absolute atomic E-state index is 12.5. The van der Waals surface area contributed by atoms with E-state index in [0.29, 0.717) is 22.2 Å². The van der Waals surface area contributed by atoms with Crippen molar-refractivity contribution in [1.82, 2.24) is 5.32 Å². The topological polar surface area (TPSA) is 84.9 Å². The molecular formula is C20H25ClN2O5S. The van der Waals surface area contributed by atoms with Gasteiger partial charge in [-0.2, -0.15) is 0 Å². The summed E-state index contributed by atoms with van der Waals surface area (Å²) in [6.07, 6.45) is 1.06. The first-order valence-electron chi connectivity index (χ1n) is 8.93. The zero-order valence-corrected chi connectivity index (χ0v) is 18.4. The van der Waals surface area contributed by atoms with E-state index in [2.05, 4.69) is 5.32 Å². The Kier molecular flexibility index (Phi) is 7.75. The van der Waals surface area contributed by atoms with Gasteiger partial charge in [-0.3, -0.25) is 9.10 Å². The summed E-state index contributed by atoms with van der Waals surface area (Å²) in [6.45, 7) is 3.86. The molecule has 29 heavy (non-hydrogen) atoms. The number of methoxy groups -OCH3 is 1. The number of carbonyl (C=O) groups is 1. The lowest BCUT2D eigenvalue weighted by atomic mass is 10.2. The van der Waals surface area contributed by atoms with Crippen LogP contribution in [-0.4, -0.2) is 46.9 Å². The number of hydrogen-bond donors (Lipinski definition) is 1. The number of carbonyl (C=O) groups excluding carboxylic acids is 1. The van der Waals surface area contributed by atoms with Gasteiger partial charge in [0.05, 0.1) is 25.6 Å². The zero-order chi connectivity index (χ0) is 21.6. The molecule has 2 aromatic carbocycles. The number of benzene rings is 2. The van der Waals surface area contributed by atoms with E-state index in [1.165, 1.54) is 14.0 Å². The first kappa shape index (κ1) is 22.8. The first-order valence-corrected chi connectivity index (χ1v) is 11.2. The number of hydrogen-bond acceptors (Lipinski definition) is 5. The lowest BCUT2D eigenvalue weighted by Gasteiger charge is -2.28. The van der Waals surface area contributed by atoms with Crippen molar-refractivity contribution in [1.29, 1.82) is 0 Å². The third-order valence-electron chi connectivity index (χ3n) is 4.23. The van der Waals surface area contributed by atoms with Crippen molar-refractivity contribution in [2.75, 3.05) is 30.8 Å². The molecule has 0 aliphatic heterocycles. The highest BCUT2D eigenvalue weighted by molar-refractivity contribution is 7.92. The van der Waals surface area contributed by atoms with Gasteiger partial charge in [0.2, 0.25) is 15.9 Å². The molecule has 0 fully saturated rings. The van der Waals surface area contributed by atoms with Crippen molar-refractivity contribution < 1.29 is 22.7 Å². The molecule has 0 spiro atoms. The van der Waals surface area contributed by atoms with Gasteiger partial charge in [-0.15, -0.1) is 0 Å². The molecule has 1 atom stereocenters. The van der Waals surface area contributed by atoms with Gasteiger partial charge in [0.15, 0.2) is 0 Å². The number of halogens is 1. The van der Waals surface area contributed by atoms with E-state index in [1.54, 1.807) is 36.4 Å². The van der Waals surface area contributed by atoms with Crippen LogP contribution >= 0.6 is 11.6 Å². The molecule has 0 radical (unpaired) electrons. The zero-order valence-electron chi connectivity index (χ0n) is 16.8. The molecule has 0 saturated carbocycles. The van der Waals surface area contributed by atoms with Gasteiger partial charge in [-0.25, -0.2) is 8.42 Å². The quantitative estimate of drug-likeness (QED) is 0.606. The molecule has 1 amide bonds.